The van der Waals surface area contributed by atoms with Crippen LogP contribution in [-0.4, -0.2) is 15.4 Å². The third-order valence-corrected chi connectivity index (χ3v) is 4.04. The second-order valence-corrected chi connectivity index (χ2v) is 5.73. The molecule has 0 N–H and O–H groups in total. The molecule has 0 saturated heterocycles. The largest absolute Gasteiger partial charge is 0.296 e. The maximum atomic E-state index is 6.17. The first-order chi connectivity index (χ1) is 10.2. The van der Waals surface area contributed by atoms with E-state index in [1.54, 1.807) is 0 Å². The van der Waals surface area contributed by atoms with Crippen molar-refractivity contribution in [1.29, 1.82) is 0 Å². The lowest BCUT2D eigenvalue weighted by atomic mass is 10.1. The van der Waals surface area contributed by atoms with Crippen molar-refractivity contribution < 1.29 is 0 Å². The minimum absolute atomic E-state index is 0.547. The van der Waals surface area contributed by atoms with E-state index < -0.39 is 0 Å². The molecule has 0 radical (unpaired) electrons. The minimum Gasteiger partial charge on any atom is -0.296 e. The van der Waals surface area contributed by atoms with Crippen LogP contribution in [-0.2, 0) is 12.8 Å². The highest BCUT2D eigenvalue weighted by Crippen LogP contribution is 2.27. The van der Waals surface area contributed by atoms with Gasteiger partial charge in [-0.05, 0) is 36.2 Å². The van der Waals surface area contributed by atoms with Gasteiger partial charge in [-0.3, -0.25) is 4.57 Å². The first-order valence-electron chi connectivity index (χ1n) is 7.05. The zero-order chi connectivity index (χ0) is 14.8. The summed E-state index contributed by atoms with van der Waals surface area (Å²) >= 11 is 12.1. The van der Waals surface area contributed by atoms with Crippen molar-refractivity contribution in [3.8, 4) is 5.69 Å². The second kappa shape index (κ2) is 6.08. The van der Waals surface area contributed by atoms with Crippen LogP contribution < -0.4 is 0 Å². The number of rotatable bonds is 4. The summed E-state index contributed by atoms with van der Waals surface area (Å²) in [6, 6.07) is 14.2. The zero-order valence-corrected chi connectivity index (χ0v) is 13.3. The maximum absolute atomic E-state index is 6.17. The van der Waals surface area contributed by atoms with E-state index in [0.717, 1.165) is 40.4 Å². The number of hydrogen-bond acceptors (Lipinski definition) is 1. The van der Waals surface area contributed by atoms with E-state index >= 15 is 0 Å². The molecule has 108 valence electrons. The average Bonchev–Trinajstić information content (AvgIpc) is 2.84. The van der Waals surface area contributed by atoms with Gasteiger partial charge in [-0.15, -0.1) is 11.6 Å². The van der Waals surface area contributed by atoms with Gasteiger partial charge in [0.25, 0.3) is 0 Å². The van der Waals surface area contributed by atoms with Gasteiger partial charge >= 0.3 is 0 Å². The monoisotopic (exact) mass is 318 g/mol. The average molecular weight is 319 g/mol. The predicted octanol–water partition coefficient (Wildman–Crippen LogP) is 5.02. The van der Waals surface area contributed by atoms with Gasteiger partial charge in [0.05, 0.1) is 16.7 Å². The van der Waals surface area contributed by atoms with Gasteiger partial charge in [-0.25, -0.2) is 4.98 Å². The highest BCUT2D eigenvalue weighted by atomic mass is 35.5. The van der Waals surface area contributed by atoms with Crippen molar-refractivity contribution in [2.45, 2.75) is 19.8 Å². The van der Waals surface area contributed by atoms with Crippen molar-refractivity contribution in [3.05, 3.63) is 58.9 Å². The number of fused-ring (bicyclic) bond motifs is 1. The van der Waals surface area contributed by atoms with Crippen LogP contribution in [0.3, 0.4) is 0 Å². The first-order valence-corrected chi connectivity index (χ1v) is 7.97. The summed E-state index contributed by atoms with van der Waals surface area (Å²) in [5.41, 5.74) is 4.42. The molecule has 1 aromatic heterocycles. The Morgan fingerprint density at radius 3 is 2.71 bits per heavy atom. The third-order valence-electron chi connectivity index (χ3n) is 3.62. The molecule has 0 aliphatic carbocycles. The molecular formula is C17H16Cl2N2. The summed E-state index contributed by atoms with van der Waals surface area (Å²) in [6.45, 7) is 2.16. The normalized spacial score (nSPS) is 11.2. The van der Waals surface area contributed by atoms with Crippen molar-refractivity contribution >= 4 is 34.2 Å². The Morgan fingerprint density at radius 2 is 1.95 bits per heavy atom. The summed E-state index contributed by atoms with van der Waals surface area (Å²) in [7, 11) is 0. The fourth-order valence-electron chi connectivity index (χ4n) is 2.65. The van der Waals surface area contributed by atoms with Crippen LogP contribution in [0, 0.1) is 0 Å². The summed E-state index contributed by atoms with van der Waals surface area (Å²) < 4.78 is 2.18. The summed E-state index contributed by atoms with van der Waals surface area (Å²) in [6.07, 6.45) is 1.70. The fourth-order valence-corrected chi connectivity index (χ4v) is 2.98. The van der Waals surface area contributed by atoms with Crippen LogP contribution in [0.25, 0.3) is 16.7 Å². The van der Waals surface area contributed by atoms with Gasteiger partial charge in [0.1, 0.15) is 5.82 Å². The molecule has 0 spiro atoms. The number of aryl methyl sites for hydroxylation is 2. The SMILES string of the molecule is CCc1ccccc1-n1c(CCCl)nc2ccc(Cl)cc21. The van der Waals surface area contributed by atoms with Crippen molar-refractivity contribution in [2.75, 3.05) is 5.88 Å². The molecule has 0 amide bonds. The predicted molar refractivity (Wildman–Crippen MR) is 89.9 cm³/mol. The number of alkyl halides is 1. The number of hydrogen-bond donors (Lipinski definition) is 0. The minimum atomic E-state index is 0.547. The lowest BCUT2D eigenvalue weighted by molar-refractivity contribution is 0.899. The van der Waals surface area contributed by atoms with Crippen LogP contribution in [0.5, 0.6) is 0 Å². The lowest BCUT2D eigenvalue weighted by Crippen LogP contribution is -2.05. The molecule has 0 unspecified atom stereocenters. The first kappa shape index (κ1) is 14.4. The quantitative estimate of drug-likeness (QED) is 0.617. The number of imidazole rings is 1. The van der Waals surface area contributed by atoms with Gasteiger partial charge < -0.3 is 0 Å². The van der Waals surface area contributed by atoms with E-state index in [-0.39, 0.29) is 0 Å². The molecule has 0 aliphatic rings. The number of para-hydroxylation sites is 1. The topological polar surface area (TPSA) is 17.8 Å². The number of halogens is 2. The molecule has 0 saturated carbocycles. The highest BCUT2D eigenvalue weighted by Gasteiger charge is 2.14. The van der Waals surface area contributed by atoms with E-state index in [2.05, 4.69) is 35.8 Å². The molecule has 21 heavy (non-hydrogen) atoms. The van der Waals surface area contributed by atoms with Gasteiger partial charge in [-0.2, -0.15) is 0 Å². The fraction of sp³-hybridized carbons (Fsp3) is 0.235. The molecule has 3 aromatic rings. The molecule has 0 atom stereocenters. The number of aromatic nitrogens is 2. The molecule has 0 aliphatic heterocycles. The van der Waals surface area contributed by atoms with Crippen molar-refractivity contribution in [3.63, 3.8) is 0 Å². The Kier molecular flexibility index (Phi) is 4.18. The summed E-state index contributed by atoms with van der Waals surface area (Å²) in [4.78, 5) is 4.72. The summed E-state index contributed by atoms with van der Waals surface area (Å²) in [5, 5.41) is 0.718. The Labute approximate surface area is 134 Å². The maximum Gasteiger partial charge on any atom is 0.115 e. The summed E-state index contributed by atoms with van der Waals surface area (Å²) in [5.74, 6) is 1.52. The number of nitrogens with zero attached hydrogens (tertiary/aromatic N) is 2. The third kappa shape index (κ3) is 2.66. The second-order valence-electron chi connectivity index (χ2n) is 4.92. The van der Waals surface area contributed by atoms with E-state index in [9.17, 15) is 0 Å². The Balaban J connectivity index is 2.32. The van der Waals surface area contributed by atoms with Gasteiger partial charge in [0.15, 0.2) is 0 Å². The van der Waals surface area contributed by atoms with Gasteiger partial charge in [0.2, 0.25) is 0 Å². The van der Waals surface area contributed by atoms with Crippen molar-refractivity contribution in [1.82, 2.24) is 9.55 Å². The van der Waals surface area contributed by atoms with E-state index in [4.69, 9.17) is 28.2 Å². The molecule has 4 heteroatoms. The Morgan fingerprint density at radius 1 is 1.14 bits per heavy atom. The molecule has 0 fully saturated rings. The van der Waals surface area contributed by atoms with Crippen LogP contribution in [0.1, 0.15) is 18.3 Å². The molecule has 2 aromatic carbocycles. The molecule has 0 bridgehead atoms. The highest BCUT2D eigenvalue weighted by molar-refractivity contribution is 6.31. The zero-order valence-electron chi connectivity index (χ0n) is 11.8. The number of benzene rings is 2. The van der Waals surface area contributed by atoms with Crippen LogP contribution in [0.4, 0.5) is 0 Å². The lowest BCUT2D eigenvalue weighted by Gasteiger charge is -2.13. The van der Waals surface area contributed by atoms with E-state index in [1.165, 1.54) is 5.56 Å². The van der Waals surface area contributed by atoms with Crippen molar-refractivity contribution in [2.24, 2.45) is 0 Å². The Bertz CT molecular complexity index is 778. The molecular weight excluding hydrogens is 303 g/mol. The van der Waals surface area contributed by atoms with Crippen LogP contribution in [0.2, 0.25) is 5.02 Å². The van der Waals surface area contributed by atoms with Gasteiger partial charge in [-0.1, -0.05) is 36.7 Å². The van der Waals surface area contributed by atoms with Crippen LogP contribution in [0.15, 0.2) is 42.5 Å². The van der Waals surface area contributed by atoms with E-state index in [0.29, 0.717) is 5.88 Å². The molecule has 3 rings (SSSR count). The smallest absolute Gasteiger partial charge is 0.115 e. The van der Waals surface area contributed by atoms with Crippen LogP contribution >= 0.6 is 23.2 Å². The molecule has 1 heterocycles. The van der Waals surface area contributed by atoms with E-state index in [1.807, 2.05) is 18.2 Å². The Hall–Kier alpha value is -1.51. The molecule has 2 nitrogen and oxygen atoms in total. The van der Waals surface area contributed by atoms with Gasteiger partial charge in [0, 0.05) is 17.3 Å². The standard InChI is InChI=1S/C17H16Cl2N2/c1-2-12-5-3-4-6-15(12)21-16-11-13(19)7-8-14(16)20-17(21)9-10-18/h3-8,11H,2,9-10H2,1H3.